The van der Waals surface area contributed by atoms with Crippen molar-refractivity contribution in [3.63, 3.8) is 0 Å². The molecule has 6 nitrogen and oxygen atoms in total. The van der Waals surface area contributed by atoms with Crippen LogP contribution >= 0.6 is 12.2 Å². The van der Waals surface area contributed by atoms with Gasteiger partial charge in [-0.25, -0.2) is 4.39 Å². The van der Waals surface area contributed by atoms with E-state index < -0.39 is 6.04 Å². The van der Waals surface area contributed by atoms with E-state index in [-0.39, 0.29) is 24.1 Å². The van der Waals surface area contributed by atoms with Crippen LogP contribution < -0.4 is 10.1 Å². The first kappa shape index (κ1) is 22.7. The number of carbonyl (C=O) groups is 2. The van der Waals surface area contributed by atoms with Crippen LogP contribution in [0, 0.1) is 5.82 Å². The highest BCUT2D eigenvalue weighted by Gasteiger charge is 2.42. The van der Waals surface area contributed by atoms with E-state index in [0.717, 1.165) is 5.56 Å². The van der Waals surface area contributed by atoms with Crippen LogP contribution in [0.4, 0.5) is 10.1 Å². The van der Waals surface area contributed by atoms with Gasteiger partial charge in [-0.2, -0.15) is 0 Å². The maximum Gasteiger partial charge on any atom is 0.252 e. The third kappa shape index (κ3) is 5.58. The second-order valence-electron chi connectivity index (χ2n) is 7.16. The zero-order valence-electron chi connectivity index (χ0n) is 17.6. The number of ether oxygens (including phenoxy) is 1. The fourth-order valence-electron chi connectivity index (χ4n) is 3.55. The van der Waals surface area contributed by atoms with Crippen molar-refractivity contribution in [2.24, 2.45) is 0 Å². The predicted molar refractivity (Wildman–Crippen MR) is 121 cm³/mol. The van der Waals surface area contributed by atoms with Crippen LogP contribution in [-0.4, -0.2) is 52.5 Å². The van der Waals surface area contributed by atoms with Crippen molar-refractivity contribution >= 4 is 34.8 Å². The van der Waals surface area contributed by atoms with Gasteiger partial charge in [0.1, 0.15) is 17.6 Å². The molecule has 31 heavy (non-hydrogen) atoms. The van der Waals surface area contributed by atoms with Crippen molar-refractivity contribution in [2.45, 2.75) is 32.7 Å². The van der Waals surface area contributed by atoms with Gasteiger partial charge in [-0.3, -0.25) is 14.5 Å². The number of halogens is 1. The van der Waals surface area contributed by atoms with Crippen molar-refractivity contribution in [2.75, 3.05) is 25.0 Å². The van der Waals surface area contributed by atoms with Crippen LogP contribution in [0.3, 0.4) is 0 Å². The molecule has 0 spiro atoms. The van der Waals surface area contributed by atoms with E-state index in [0.29, 0.717) is 42.7 Å². The van der Waals surface area contributed by atoms with Gasteiger partial charge in [-0.15, -0.1) is 0 Å². The highest BCUT2D eigenvalue weighted by atomic mass is 32.1. The summed E-state index contributed by atoms with van der Waals surface area (Å²) in [7, 11) is 0. The van der Waals surface area contributed by atoms with Gasteiger partial charge >= 0.3 is 0 Å². The van der Waals surface area contributed by atoms with Crippen LogP contribution in [0.5, 0.6) is 5.75 Å². The van der Waals surface area contributed by atoms with Crippen LogP contribution in [0.15, 0.2) is 48.5 Å². The molecular weight excluding hydrogens is 417 g/mol. The van der Waals surface area contributed by atoms with E-state index in [1.165, 1.54) is 17.0 Å². The van der Waals surface area contributed by atoms with Gasteiger partial charge < -0.3 is 15.0 Å². The number of nitrogens with zero attached hydrogens (tertiary/aromatic N) is 2. The first-order chi connectivity index (χ1) is 14.9. The lowest BCUT2D eigenvalue weighted by Gasteiger charge is -2.23. The molecule has 1 N–H and O–H groups in total. The lowest BCUT2D eigenvalue weighted by molar-refractivity contribution is -0.130. The second-order valence-corrected chi connectivity index (χ2v) is 7.53. The number of benzene rings is 2. The zero-order chi connectivity index (χ0) is 22.4. The van der Waals surface area contributed by atoms with E-state index in [1.54, 1.807) is 35.2 Å². The fourth-order valence-corrected chi connectivity index (χ4v) is 3.99. The van der Waals surface area contributed by atoms with E-state index >= 15 is 0 Å². The van der Waals surface area contributed by atoms with Crippen LogP contribution in [0.1, 0.15) is 25.8 Å². The molecule has 1 heterocycles. The number of carbonyl (C=O) groups excluding carboxylic acids is 2. The molecule has 0 saturated carbocycles. The Labute approximate surface area is 187 Å². The van der Waals surface area contributed by atoms with Gasteiger partial charge in [0.15, 0.2) is 5.11 Å². The number of amides is 2. The molecule has 0 bridgehead atoms. The topological polar surface area (TPSA) is 61.9 Å². The maximum atomic E-state index is 13.2. The van der Waals surface area contributed by atoms with Crippen molar-refractivity contribution in [3.8, 4) is 5.75 Å². The summed E-state index contributed by atoms with van der Waals surface area (Å²) in [5, 5.41) is 3.26. The molecule has 164 valence electrons. The van der Waals surface area contributed by atoms with Crippen molar-refractivity contribution < 1.29 is 18.7 Å². The number of anilines is 1. The van der Waals surface area contributed by atoms with E-state index in [1.807, 2.05) is 19.9 Å². The van der Waals surface area contributed by atoms with E-state index in [4.69, 9.17) is 17.0 Å². The number of likely N-dealkylation sites (N-methyl/N-ethyl adjacent to an activating group) is 1. The zero-order valence-corrected chi connectivity index (χ0v) is 18.5. The average Bonchev–Trinajstić information content (AvgIpc) is 2.97. The molecule has 2 amide bonds. The van der Waals surface area contributed by atoms with Gasteiger partial charge in [0.25, 0.3) is 5.91 Å². The molecule has 0 unspecified atom stereocenters. The number of thiocarbonyl (C=S) groups is 1. The highest BCUT2D eigenvalue weighted by molar-refractivity contribution is 7.80. The number of rotatable bonds is 9. The third-order valence-electron chi connectivity index (χ3n) is 5.08. The third-order valence-corrected chi connectivity index (χ3v) is 5.54. The van der Waals surface area contributed by atoms with E-state index in [9.17, 15) is 14.0 Å². The Hall–Kier alpha value is -3.00. The summed E-state index contributed by atoms with van der Waals surface area (Å²) in [6.07, 6.45) is 0.567. The molecule has 0 aromatic heterocycles. The normalized spacial score (nSPS) is 16.0. The van der Waals surface area contributed by atoms with Gasteiger partial charge in [0, 0.05) is 24.8 Å². The molecule has 0 aliphatic carbocycles. The first-order valence-electron chi connectivity index (χ1n) is 10.3. The largest absolute Gasteiger partial charge is 0.494 e. The fraction of sp³-hybridized carbons (Fsp3) is 0.348. The Morgan fingerprint density at radius 3 is 2.61 bits per heavy atom. The van der Waals surface area contributed by atoms with Crippen molar-refractivity contribution in [1.29, 1.82) is 0 Å². The summed E-state index contributed by atoms with van der Waals surface area (Å²) >= 11 is 5.50. The standard InChI is InChI=1S/C23H26FN3O3S/c1-3-26-22(29)20(15-21(28)25-18-6-5-7-19(14-18)30-4-2)27(23(26)31)13-12-16-8-10-17(24)11-9-16/h5-11,14,20H,3-4,12-13,15H2,1-2H3,(H,25,28)/t20-/m0/s1. The van der Waals surface area contributed by atoms with Crippen LogP contribution in [0.2, 0.25) is 0 Å². The molecule has 1 fully saturated rings. The van der Waals surface area contributed by atoms with Gasteiger partial charge in [0.2, 0.25) is 5.91 Å². The van der Waals surface area contributed by atoms with Gasteiger partial charge in [0.05, 0.1) is 13.0 Å². The summed E-state index contributed by atoms with van der Waals surface area (Å²) < 4.78 is 18.6. The maximum absolute atomic E-state index is 13.2. The van der Waals surface area contributed by atoms with Crippen LogP contribution in [0.25, 0.3) is 0 Å². The summed E-state index contributed by atoms with van der Waals surface area (Å²) in [6.45, 7) is 5.18. The summed E-state index contributed by atoms with van der Waals surface area (Å²) in [5.41, 5.74) is 1.54. The molecule has 3 rings (SSSR count). The molecule has 1 saturated heterocycles. The van der Waals surface area contributed by atoms with Crippen molar-refractivity contribution in [1.82, 2.24) is 9.80 Å². The smallest absolute Gasteiger partial charge is 0.252 e. The van der Waals surface area contributed by atoms with Crippen LogP contribution in [-0.2, 0) is 16.0 Å². The van der Waals surface area contributed by atoms with Gasteiger partial charge in [-0.1, -0.05) is 18.2 Å². The predicted octanol–water partition coefficient (Wildman–Crippen LogP) is 3.61. The molecule has 1 aliphatic heterocycles. The van der Waals surface area contributed by atoms with Gasteiger partial charge in [-0.05, 0) is 62.3 Å². The highest BCUT2D eigenvalue weighted by Crippen LogP contribution is 2.23. The van der Waals surface area contributed by atoms with Crippen molar-refractivity contribution in [3.05, 3.63) is 59.9 Å². The Bertz CT molecular complexity index is 951. The minimum absolute atomic E-state index is 0.0161. The molecule has 1 aliphatic rings. The molecule has 0 radical (unpaired) electrons. The number of nitrogens with one attached hydrogen (secondary N) is 1. The molecule has 8 heteroatoms. The average molecular weight is 444 g/mol. The summed E-state index contributed by atoms with van der Waals surface area (Å²) in [5.74, 6) is -0.0865. The minimum atomic E-state index is -0.664. The SMILES string of the molecule is CCOc1cccc(NC(=O)C[C@H]2C(=O)N(CC)C(=S)N2CCc2ccc(F)cc2)c1. The molecule has 2 aromatic carbocycles. The number of hydrogen-bond acceptors (Lipinski definition) is 4. The lowest BCUT2D eigenvalue weighted by atomic mass is 10.1. The monoisotopic (exact) mass is 443 g/mol. The Balaban J connectivity index is 1.69. The first-order valence-corrected chi connectivity index (χ1v) is 10.7. The molecular formula is C23H26FN3O3S. The van der Waals surface area contributed by atoms with E-state index in [2.05, 4.69) is 5.32 Å². The lowest BCUT2D eigenvalue weighted by Crippen LogP contribution is -2.39. The number of hydrogen-bond donors (Lipinski definition) is 1. The quantitative estimate of drug-likeness (QED) is 0.600. The molecule has 1 atom stereocenters. The Kier molecular flexibility index (Phi) is 7.57. The second kappa shape index (κ2) is 10.3. The summed E-state index contributed by atoms with van der Waals surface area (Å²) in [6, 6.07) is 12.7. The molecule has 2 aromatic rings. The Morgan fingerprint density at radius 1 is 1.19 bits per heavy atom. The summed E-state index contributed by atoms with van der Waals surface area (Å²) in [4.78, 5) is 28.9. The minimum Gasteiger partial charge on any atom is -0.494 e. The Morgan fingerprint density at radius 2 is 1.94 bits per heavy atom.